The number of unbranched alkanes of at least 4 members (excludes halogenated alkanes) is 1. The van der Waals surface area contributed by atoms with Crippen LogP contribution in [-0.4, -0.2) is 107 Å². The van der Waals surface area contributed by atoms with Crippen LogP contribution in [0.15, 0.2) is 60.7 Å². The molecule has 54 heavy (non-hydrogen) atoms. The van der Waals surface area contributed by atoms with Crippen molar-refractivity contribution in [1.82, 2.24) is 31.5 Å². The number of carboxylic acid groups (broad SMARTS) is 1. The standard InChI is InChI=1S/C38H53N7O9/c1-24(2)20-30(44-38(54)40-17-9-10-19-46)37(53)45-18-11-16-31(45)36(52)43-29(22-26-14-7-4-8-15-26)35(51)42-28(21-25-12-5-3-6-13-25)34(50)41-27(33(39)49)23-32(47)48/h3-8,12-15,24,27-31,46H,9-11,16-23H2,1-2H3,(H2,39,49)(H,41,50)(H,42,51)(H,43,52)(H,47,48)(H2,40,44,54)/t27-,28-,29-,30-,31-/m0/s1. The molecule has 294 valence electrons. The van der Waals surface area contributed by atoms with Crippen molar-refractivity contribution in [2.24, 2.45) is 11.7 Å². The van der Waals surface area contributed by atoms with E-state index in [0.717, 1.165) is 0 Å². The fraction of sp³-hybridized carbons (Fsp3) is 0.500. The molecule has 0 bridgehead atoms. The summed E-state index contributed by atoms with van der Waals surface area (Å²) in [5, 5.41) is 31.5. The van der Waals surface area contributed by atoms with Crippen molar-refractivity contribution in [3.8, 4) is 0 Å². The molecule has 16 heteroatoms. The van der Waals surface area contributed by atoms with E-state index >= 15 is 0 Å². The van der Waals surface area contributed by atoms with Gasteiger partial charge < -0.3 is 47.4 Å². The van der Waals surface area contributed by atoms with Crippen LogP contribution in [0.1, 0.15) is 63.5 Å². The summed E-state index contributed by atoms with van der Waals surface area (Å²) in [6, 6.07) is 11.1. The lowest BCUT2D eigenvalue weighted by molar-refractivity contribution is -0.141. The molecular formula is C38H53N7O9. The average molecular weight is 752 g/mol. The van der Waals surface area contributed by atoms with Crippen molar-refractivity contribution in [2.45, 2.75) is 95.4 Å². The maximum Gasteiger partial charge on any atom is 0.315 e. The van der Waals surface area contributed by atoms with Crippen molar-refractivity contribution in [1.29, 1.82) is 0 Å². The average Bonchev–Trinajstić information content (AvgIpc) is 3.63. The second kappa shape index (κ2) is 21.9. The zero-order valence-corrected chi connectivity index (χ0v) is 30.8. The molecule has 2 aromatic rings. The van der Waals surface area contributed by atoms with Gasteiger partial charge >= 0.3 is 12.0 Å². The Morgan fingerprint density at radius 1 is 0.778 bits per heavy atom. The number of likely N-dealkylation sites (tertiary alicyclic amines) is 1. The quantitative estimate of drug-likeness (QED) is 0.0820. The van der Waals surface area contributed by atoms with Gasteiger partial charge in [-0.3, -0.25) is 28.8 Å². The Kier molecular flexibility index (Phi) is 17.4. The predicted molar refractivity (Wildman–Crippen MR) is 198 cm³/mol. The van der Waals surface area contributed by atoms with E-state index in [9.17, 15) is 38.7 Å². The molecule has 1 aliphatic rings. The topological polar surface area (TPSA) is 249 Å². The highest BCUT2D eigenvalue weighted by Gasteiger charge is 2.39. The maximum absolute atomic E-state index is 14.1. The monoisotopic (exact) mass is 751 g/mol. The molecule has 9 N–H and O–H groups in total. The van der Waals surface area contributed by atoms with Crippen molar-refractivity contribution in [3.05, 3.63) is 71.8 Å². The number of aliphatic carboxylic acids is 1. The van der Waals surface area contributed by atoms with E-state index in [4.69, 9.17) is 10.8 Å². The van der Waals surface area contributed by atoms with E-state index in [0.29, 0.717) is 49.8 Å². The van der Waals surface area contributed by atoms with Gasteiger partial charge in [0.25, 0.3) is 0 Å². The minimum atomic E-state index is -1.54. The van der Waals surface area contributed by atoms with Gasteiger partial charge in [0.05, 0.1) is 6.42 Å². The Morgan fingerprint density at radius 3 is 1.85 bits per heavy atom. The Bertz CT molecular complexity index is 1580. The van der Waals surface area contributed by atoms with Crippen molar-refractivity contribution < 1.29 is 43.8 Å². The van der Waals surface area contributed by atoms with Crippen LogP contribution in [0, 0.1) is 5.92 Å². The summed E-state index contributed by atoms with van der Waals surface area (Å²) in [5.41, 5.74) is 6.70. The molecule has 0 radical (unpaired) electrons. The molecule has 2 aromatic carbocycles. The number of amides is 7. The van der Waals surface area contributed by atoms with Crippen LogP contribution >= 0.6 is 0 Å². The Balaban J connectivity index is 1.84. The first kappa shape index (κ1) is 42.9. The molecular weight excluding hydrogens is 698 g/mol. The molecule has 16 nitrogen and oxygen atoms in total. The smallest absolute Gasteiger partial charge is 0.315 e. The molecule has 5 atom stereocenters. The number of nitrogens with two attached hydrogens (primary N) is 1. The van der Waals surface area contributed by atoms with Crippen LogP contribution in [0.3, 0.4) is 0 Å². The molecule has 0 spiro atoms. The number of nitrogens with zero attached hydrogens (tertiary/aromatic N) is 1. The zero-order valence-electron chi connectivity index (χ0n) is 30.8. The molecule has 0 unspecified atom stereocenters. The van der Waals surface area contributed by atoms with Crippen LogP contribution in [0.2, 0.25) is 0 Å². The second-order valence-corrected chi connectivity index (χ2v) is 13.8. The Hall–Kier alpha value is -5.51. The van der Waals surface area contributed by atoms with Crippen LogP contribution in [0.25, 0.3) is 0 Å². The van der Waals surface area contributed by atoms with E-state index in [1.807, 2.05) is 13.8 Å². The lowest BCUT2D eigenvalue weighted by atomic mass is 10.0. The molecule has 1 saturated heterocycles. The van der Waals surface area contributed by atoms with Gasteiger partial charge in [-0.25, -0.2) is 4.79 Å². The maximum atomic E-state index is 14.1. The van der Waals surface area contributed by atoms with Crippen LogP contribution in [0.4, 0.5) is 4.79 Å². The van der Waals surface area contributed by atoms with Crippen molar-refractivity contribution >= 4 is 41.5 Å². The van der Waals surface area contributed by atoms with Gasteiger partial charge in [0, 0.05) is 32.5 Å². The third kappa shape index (κ3) is 14.1. The van der Waals surface area contributed by atoms with Crippen molar-refractivity contribution in [3.63, 3.8) is 0 Å². The summed E-state index contributed by atoms with van der Waals surface area (Å²) in [7, 11) is 0. The van der Waals surface area contributed by atoms with E-state index < -0.39 is 78.2 Å². The number of urea groups is 1. The zero-order chi connectivity index (χ0) is 39.6. The highest BCUT2D eigenvalue weighted by molar-refractivity contribution is 5.97. The van der Waals surface area contributed by atoms with Gasteiger partial charge in [0.1, 0.15) is 30.2 Å². The van der Waals surface area contributed by atoms with Gasteiger partial charge in [-0.2, -0.15) is 0 Å². The molecule has 0 saturated carbocycles. The normalized spacial score (nSPS) is 16.0. The molecule has 1 heterocycles. The lowest BCUT2D eigenvalue weighted by Crippen LogP contribution is -2.59. The third-order valence-corrected chi connectivity index (χ3v) is 8.89. The molecule has 3 rings (SSSR count). The van der Waals surface area contributed by atoms with Gasteiger partial charge in [-0.1, -0.05) is 74.5 Å². The van der Waals surface area contributed by atoms with E-state index in [1.54, 1.807) is 60.7 Å². The second-order valence-electron chi connectivity index (χ2n) is 13.8. The fourth-order valence-corrected chi connectivity index (χ4v) is 6.17. The number of primary amides is 1. The largest absolute Gasteiger partial charge is 0.481 e. The number of aliphatic hydroxyl groups excluding tert-OH is 1. The molecule has 1 fully saturated rings. The fourth-order valence-electron chi connectivity index (χ4n) is 6.17. The summed E-state index contributed by atoms with van der Waals surface area (Å²) in [6.07, 6.45) is 1.46. The van der Waals surface area contributed by atoms with E-state index in [-0.39, 0.29) is 31.9 Å². The molecule has 0 aromatic heterocycles. The summed E-state index contributed by atoms with van der Waals surface area (Å²) < 4.78 is 0. The number of aliphatic hydroxyl groups is 1. The molecule has 7 amide bonds. The van der Waals surface area contributed by atoms with Crippen LogP contribution < -0.4 is 32.3 Å². The first-order chi connectivity index (χ1) is 25.8. The molecule has 0 aliphatic carbocycles. The summed E-state index contributed by atoms with van der Waals surface area (Å²) in [5.74, 6) is -5.00. The Labute approximate surface area is 315 Å². The van der Waals surface area contributed by atoms with Gasteiger partial charge in [-0.05, 0) is 49.1 Å². The highest BCUT2D eigenvalue weighted by Crippen LogP contribution is 2.21. The predicted octanol–water partition coefficient (Wildman–Crippen LogP) is 0.364. The SMILES string of the molecule is CC(C)C[C@H](NC(=O)NCCCCO)C(=O)N1CCC[C@H]1C(=O)N[C@@H](Cc1ccccc1)C(=O)N[C@@H](Cc1ccccc1)C(=O)N[C@@H](CC(=O)O)C(N)=O. The highest BCUT2D eigenvalue weighted by atomic mass is 16.4. The van der Waals surface area contributed by atoms with E-state index in [1.165, 1.54) is 4.90 Å². The third-order valence-electron chi connectivity index (χ3n) is 8.89. The number of carbonyl (C=O) groups excluding carboxylic acids is 6. The summed E-state index contributed by atoms with van der Waals surface area (Å²) >= 11 is 0. The number of hydrogen-bond donors (Lipinski definition) is 8. The molecule has 1 aliphatic heterocycles. The van der Waals surface area contributed by atoms with Gasteiger partial charge in [0.2, 0.25) is 29.5 Å². The number of hydrogen-bond acceptors (Lipinski definition) is 8. The first-order valence-corrected chi connectivity index (χ1v) is 18.2. The van der Waals surface area contributed by atoms with Gasteiger partial charge in [-0.15, -0.1) is 0 Å². The number of benzene rings is 2. The van der Waals surface area contributed by atoms with E-state index in [2.05, 4.69) is 26.6 Å². The number of nitrogens with one attached hydrogen (secondary N) is 5. The summed E-state index contributed by atoms with van der Waals surface area (Å²) in [4.78, 5) is 92.8. The van der Waals surface area contributed by atoms with Gasteiger partial charge in [0.15, 0.2) is 0 Å². The first-order valence-electron chi connectivity index (χ1n) is 18.2. The summed E-state index contributed by atoms with van der Waals surface area (Å²) in [6.45, 7) is 4.40. The Morgan fingerprint density at radius 2 is 1.33 bits per heavy atom. The minimum Gasteiger partial charge on any atom is -0.481 e. The minimum absolute atomic E-state index is 0.000383. The number of rotatable bonds is 21. The lowest BCUT2D eigenvalue weighted by Gasteiger charge is -2.31. The number of carbonyl (C=O) groups is 7. The van der Waals surface area contributed by atoms with Crippen LogP contribution in [0.5, 0.6) is 0 Å². The van der Waals surface area contributed by atoms with Crippen LogP contribution in [-0.2, 0) is 41.6 Å². The number of carboxylic acids is 1. The van der Waals surface area contributed by atoms with Crippen molar-refractivity contribution in [2.75, 3.05) is 19.7 Å².